The lowest BCUT2D eigenvalue weighted by molar-refractivity contribution is 0.0689. The molecule has 7 heteroatoms. The van der Waals surface area contributed by atoms with Crippen LogP contribution in [0.25, 0.3) is 5.52 Å². The van der Waals surface area contributed by atoms with Crippen molar-refractivity contribution in [1.82, 2.24) is 19.2 Å². The van der Waals surface area contributed by atoms with E-state index >= 15 is 0 Å². The van der Waals surface area contributed by atoms with Crippen molar-refractivity contribution < 1.29 is 9.90 Å². The van der Waals surface area contributed by atoms with Crippen molar-refractivity contribution in [2.24, 2.45) is 0 Å². The van der Waals surface area contributed by atoms with Crippen LogP contribution in [0.3, 0.4) is 0 Å². The second kappa shape index (κ2) is 4.86. The molecule has 7 nitrogen and oxygen atoms in total. The monoisotopic (exact) mass is 284 g/mol. The number of fused-ring (bicyclic) bond motifs is 1. The van der Waals surface area contributed by atoms with E-state index in [1.54, 1.807) is 37.5 Å². The molecule has 0 aliphatic carbocycles. The normalized spacial score (nSPS) is 10.9. The summed E-state index contributed by atoms with van der Waals surface area (Å²) in [6.07, 6.45) is 4.67. The van der Waals surface area contributed by atoms with Crippen LogP contribution in [0.2, 0.25) is 0 Å². The number of aromatic carboxylic acids is 1. The molecule has 0 amide bonds. The smallest absolute Gasteiger partial charge is 0.354 e. The zero-order chi connectivity index (χ0) is 15.0. The highest BCUT2D eigenvalue weighted by atomic mass is 16.4. The van der Waals surface area contributed by atoms with Crippen LogP contribution in [-0.2, 0) is 6.54 Å². The van der Waals surface area contributed by atoms with Crippen LogP contribution in [-0.4, -0.2) is 30.2 Å². The third kappa shape index (κ3) is 2.29. The molecular weight excluding hydrogens is 272 g/mol. The van der Waals surface area contributed by atoms with Gasteiger partial charge in [0.2, 0.25) is 0 Å². The van der Waals surface area contributed by atoms with Crippen LogP contribution < -0.4 is 5.56 Å². The summed E-state index contributed by atoms with van der Waals surface area (Å²) in [6.45, 7) is 1.95. The average molecular weight is 284 g/mol. The third-order valence-corrected chi connectivity index (χ3v) is 3.16. The summed E-state index contributed by atoms with van der Waals surface area (Å²) in [5.41, 5.74) is 1.41. The first-order valence-electron chi connectivity index (χ1n) is 6.29. The van der Waals surface area contributed by atoms with Gasteiger partial charge in [-0.15, -0.1) is 0 Å². The molecule has 0 atom stereocenters. The van der Waals surface area contributed by atoms with Gasteiger partial charge in [-0.3, -0.25) is 4.79 Å². The molecule has 3 heterocycles. The number of rotatable bonds is 3. The van der Waals surface area contributed by atoms with Crippen molar-refractivity contribution in [2.45, 2.75) is 13.5 Å². The standard InChI is InChI=1S/C14H12N4O3/c1-9-7-11-13(19)17(5-6-18(11)16-9)8-10-3-2-4-15-12(10)14(20)21/h2-7H,8H2,1H3,(H,20,21). The minimum atomic E-state index is -1.11. The second-order valence-corrected chi connectivity index (χ2v) is 4.66. The van der Waals surface area contributed by atoms with Gasteiger partial charge in [-0.25, -0.2) is 14.3 Å². The van der Waals surface area contributed by atoms with Crippen molar-refractivity contribution in [2.75, 3.05) is 0 Å². The van der Waals surface area contributed by atoms with Crippen molar-refractivity contribution in [3.8, 4) is 0 Å². The second-order valence-electron chi connectivity index (χ2n) is 4.66. The largest absolute Gasteiger partial charge is 0.477 e. The lowest BCUT2D eigenvalue weighted by Gasteiger charge is -2.08. The van der Waals surface area contributed by atoms with Gasteiger partial charge < -0.3 is 9.67 Å². The van der Waals surface area contributed by atoms with Gasteiger partial charge in [0.15, 0.2) is 5.69 Å². The molecule has 106 valence electrons. The van der Waals surface area contributed by atoms with Gasteiger partial charge in [0.05, 0.1) is 12.2 Å². The number of hydrogen-bond acceptors (Lipinski definition) is 4. The number of carbonyl (C=O) groups is 1. The molecule has 0 aromatic carbocycles. The fourth-order valence-electron chi connectivity index (χ4n) is 2.22. The van der Waals surface area contributed by atoms with Crippen molar-refractivity contribution in [3.63, 3.8) is 0 Å². The van der Waals surface area contributed by atoms with Crippen LogP contribution in [0.15, 0.2) is 41.6 Å². The molecule has 0 aliphatic heterocycles. The van der Waals surface area contributed by atoms with Crippen LogP contribution in [0.5, 0.6) is 0 Å². The van der Waals surface area contributed by atoms with Gasteiger partial charge in [-0.05, 0) is 19.1 Å². The van der Waals surface area contributed by atoms with E-state index in [1.165, 1.54) is 15.3 Å². The molecule has 0 aliphatic rings. The minimum absolute atomic E-state index is 0.0473. The average Bonchev–Trinajstić information content (AvgIpc) is 2.84. The maximum Gasteiger partial charge on any atom is 0.354 e. The number of hydrogen-bond donors (Lipinski definition) is 1. The maximum absolute atomic E-state index is 12.4. The van der Waals surface area contributed by atoms with Gasteiger partial charge in [0, 0.05) is 24.2 Å². The van der Waals surface area contributed by atoms with E-state index in [9.17, 15) is 9.59 Å². The molecule has 0 fully saturated rings. The number of carboxylic acid groups (broad SMARTS) is 1. The molecular formula is C14H12N4O3. The van der Waals surface area contributed by atoms with Crippen LogP contribution >= 0.6 is 0 Å². The predicted molar refractivity (Wildman–Crippen MR) is 74.5 cm³/mol. The lowest BCUT2D eigenvalue weighted by Crippen LogP contribution is -2.23. The quantitative estimate of drug-likeness (QED) is 0.773. The predicted octanol–water partition coefficient (Wildman–Crippen LogP) is 0.946. The van der Waals surface area contributed by atoms with Crippen molar-refractivity contribution >= 4 is 11.5 Å². The first kappa shape index (κ1) is 13.0. The number of aryl methyl sites for hydroxylation is 1. The van der Waals surface area contributed by atoms with Gasteiger partial charge in [-0.1, -0.05) is 6.07 Å². The number of aromatic nitrogens is 4. The summed E-state index contributed by atoms with van der Waals surface area (Å²) >= 11 is 0. The SMILES string of the molecule is Cc1cc2c(=O)n(Cc3cccnc3C(=O)O)ccn2n1. The summed E-state index contributed by atoms with van der Waals surface area (Å²) in [4.78, 5) is 27.3. The van der Waals surface area contributed by atoms with Gasteiger partial charge in [0.25, 0.3) is 5.56 Å². The van der Waals surface area contributed by atoms with E-state index in [-0.39, 0.29) is 17.8 Å². The Balaban J connectivity index is 2.09. The Bertz CT molecular complexity index is 895. The zero-order valence-electron chi connectivity index (χ0n) is 11.2. The molecule has 0 unspecified atom stereocenters. The molecule has 3 rings (SSSR count). The van der Waals surface area contributed by atoms with E-state index in [0.717, 1.165) is 5.69 Å². The zero-order valence-corrected chi connectivity index (χ0v) is 11.2. The van der Waals surface area contributed by atoms with Gasteiger partial charge in [0.1, 0.15) is 5.52 Å². The number of carboxylic acids is 1. The Hall–Kier alpha value is -2.96. The summed E-state index contributed by atoms with van der Waals surface area (Å²) < 4.78 is 2.95. The molecule has 0 saturated heterocycles. The number of nitrogens with zero attached hydrogens (tertiary/aromatic N) is 4. The van der Waals surface area contributed by atoms with Crippen LogP contribution in [0.1, 0.15) is 21.7 Å². The minimum Gasteiger partial charge on any atom is -0.477 e. The highest BCUT2D eigenvalue weighted by molar-refractivity contribution is 5.86. The molecule has 21 heavy (non-hydrogen) atoms. The van der Waals surface area contributed by atoms with E-state index in [2.05, 4.69) is 10.1 Å². The molecule has 1 N–H and O–H groups in total. The van der Waals surface area contributed by atoms with Gasteiger partial charge >= 0.3 is 5.97 Å². The third-order valence-electron chi connectivity index (χ3n) is 3.16. The fraction of sp³-hybridized carbons (Fsp3) is 0.143. The molecule has 3 aromatic heterocycles. The molecule has 0 radical (unpaired) electrons. The Morgan fingerprint density at radius 2 is 2.19 bits per heavy atom. The lowest BCUT2D eigenvalue weighted by atomic mass is 10.2. The summed E-state index contributed by atoms with van der Waals surface area (Å²) in [6, 6.07) is 4.99. The van der Waals surface area contributed by atoms with E-state index < -0.39 is 5.97 Å². The highest BCUT2D eigenvalue weighted by Crippen LogP contribution is 2.08. The van der Waals surface area contributed by atoms with E-state index in [4.69, 9.17) is 5.11 Å². The topological polar surface area (TPSA) is 89.5 Å². The van der Waals surface area contributed by atoms with Gasteiger partial charge in [-0.2, -0.15) is 5.10 Å². The van der Waals surface area contributed by atoms with Crippen LogP contribution in [0.4, 0.5) is 0 Å². The first-order chi connectivity index (χ1) is 10.1. The van der Waals surface area contributed by atoms with Crippen molar-refractivity contribution in [3.05, 3.63) is 64.1 Å². The molecule has 0 saturated carbocycles. The summed E-state index contributed by atoms with van der Waals surface area (Å²) in [5, 5.41) is 13.3. The summed E-state index contributed by atoms with van der Waals surface area (Å²) in [5.74, 6) is -1.11. The molecule has 3 aromatic rings. The summed E-state index contributed by atoms with van der Waals surface area (Å²) in [7, 11) is 0. The molecule has 0 bridgehead atoms. The Kier molecular flexibility index (Phi) is 3.02. The molecule has 0 spiro atoms. The first-order valence-corrected chi connectivity index (χ1v) is 6.29. The fourth-order valence-corrected chi connectivity index (χ4v) is 2.22. The maximum atomic E-state index is 12.4. The number of pyridine rings is 1. The van der Waals surface area contributed by atoms with E-state index in [1.807, 2.05) is 0 Å². The van der Waals surface area contributed by atoms with E-state index in [0.29, 0.717) is 11.1 Å². The Morgan fingerprint density at radius 3 is 2.95 bits per heavy atom. The Morgan fingerprint density at radius 1 is 1.38 bits per heavy atom. The Labute approximate surface area is 119 Å². The van der Waals surface area contributed by atoms with Crippen molar-refractivity contribution in [1.29, 1.82) is 0 Å². The van der Waals surface area contributed by atoms with Crippen LogP contribution in [0, 0.1) is 6.92 Å². The highest BCUT2D eigenvalue weighted by Gasteiger charge is 2.13.